The molecule has 1 aliphatic heterocycles. The molecular formula is C21H26N4O2. The molecule has 6 nitrogen and oxygen atoms in total. The minimum atomic E-state index is -0.517. The van der Waals surface area contributed by atoms with Crippen LogP contribution in [0.2, 0.25) is 0 Å². The molecule has 1 unspecified atom stereocenters. The van der Waals surface area contributed by atoms with Gasteiger partial charge in [0.05, 0.1) is 6.04 Å². The Morgan fingerprint density at radius 2 is 1.81 bits per heavy atom. The number of benzene rings is 2. The van der Waals surface area contributed by atoms with Crippen LogP contribution in [0.15, 0.2) is 48.5 Å². The van der Waals surface area contributed by atoms with Gasteiger partial charge in [-0.1, -0.05) is 36.4 Å². The molecule has 27 heavy (non-hydrogen) atoms. The Morgan fingerprint density at radius 3 is 2.48 bits per heavy atom. The molecule has 1 aliphatic rings. The number of rotatable bonds is 6. The van der Waals surface area contributed by atoms with Gasteiger partial charge in [0.1, 0.15) is 0 Å². The Kier molecular flexibility index (Phi) is 6.08. The van der Waals surface area contributed by atoms with Gasteiger partial charge in [0.2, 0.25) is 5.91 Å². The first-order valence-corrected chi connectivity index (χ1v) is 9.29. The van der Waals surface area contributed by atoms with E-state index in [-0.39, 0.29) is 12.1 Å². The van der Waals surface area contributed by atoms with Crippen LogP contribution in [-0.4, -0.2) is 36.5 Å². The number of carbonyl (C=O) groups is 2. The first-order valence-electron chi connectivity index (χ1n) is 9.29. The Hall–Kier alpha value is -2.86. The number of hydrogen-bond donors (Lipinski definition) is 3. The number of hydrogen-bond acceptors (Lipinski definition) is 3. The lowest BCUT2D eigenvalue weighted by atomic mass is 10.1. The van der Waals surface area contributed by atoms with Gasteiger partial charge in [-0.05, 0) is 56.1 Å². The molecule has 1 heterocycles. The van der Waals surface area contributed by atoms with E-state index in [2.05, 4.69) is 27.7 Å². The maximum absolute atomic E-state index is 12.4. The van der Waals surface area contributed by atoms with Crippen molar-refractivity contribution in [1.82, 2.24) is 10.2 Å². The summed E-state index contributed by atoms with van der Waals surface area (Å²) in [7, 11) is 0. The molecule has 3 amide bonds. The van der Waals surface area contributed by atoms with Crippen molar-refractivity contribution in [3.8, 4) is 0 Å². The van der Waals surface area contributed by atoms with E-state index in [9.17, 15) is 9.59 Å². The first-order chi connectivity index (χ1) is 13.0. The van der Waals surface area contributed by atoms with Crippen LogP contribution in [-0.2, 0) is 0 Å². The van der Waals surface area contributed by atoms with Crippen LogP contribution in [0.3, 0.4) is 0 Å². The summed E-state index contributed by atoms with van der Waals surface area (Å²) in [5.74, 6) is -0.517. The highest BCUT2D eigenvalue weighted by atomic mass is 16.2. The molecular weight excluding hydrogens is 340 g/mol. The first kappa shape index (κ1) is 18.9. The normalized spacial score (nSPS) is 15.3. The molecule has 0 bridgehead atoms. The third kappa shape index (κ3) is 4.86. The lowest BCUT2D eigenvalue weighted by molar-refractivity contribution is 0.1000. The third-order valence-electron chi connectivity index (χ3n) is 4.99. The summed E-state index contributed by atoms with van der Waals surface area (Å²) in [6.07, 6.45) is 2.38. The Morgan fingerprint density at radius 1 is 1.11 bits per heavy atom. The second-order valence-electron chi connectivity index (χ2n) is 6.90. The van der Waals surface area contributed by atoms with Crippen molar-refractivity contribution >= 4 is 17.6 Å². The Balaban J connectivity index is 1.66. The standard InChI is InChI=1S/C21H26N4O2/c1-15-9-10-17(20(22)26)13-18(15)24-21(27)23-14-19(25-11-5-6-12-25)16-7-3-2-4-8-16/h2-4,7-10,13,19H,5-6,11-12,14H2,1H3,(H2,22,26)(H2,23,24,27). The zero-order valence-electron chi connectivity index (χ0n) is 15.6. The van der Waals surface area contributed by atoms with E-state index in [1.165, 1.54) is 18.4 Å². The van der Waals surface area contributed by atoms with Gasteiger partial charge in [-0.15, -0.1) is 0 Å². The molecule has 0 spiro atoms. The smallest absolute Gasteiger partial charge is 0.319 e. The van der Waals surface area contributed by atoms with Crippen molar-refractivity contribution in [2.24, 2.45) is 5.73 Å². The SMILES string of the molecule is Cc1ccc(C(N)=O)cc1NC(=O)NCC(c1ccccc1)N1CCCC1. The van der Waals surface area contributed by atoms with Crippen LogP contribution < -0.4 is 16.4 Å². The van der Waals surface area contributed by atoms with Crippen LogP contribution in [0, 0.1) is 6.92 Å². The minimum absolute atomic E-state index is 0.150. The second kappa shape index (κ2) is 8.68. The molecule has 1 fully saturated rings. The van der Waals surface area contributed by atoms with E-state index in [1.807, 2.05) is 25.1 Å². The Labute approximate surface area is 159 Å². The van der Waals surface area contributed by atoms with Crippen molar-refractivity contribution in [3.05, 3.63) is 65.2 Å². The monoisotopic (exact) mass is 366 g/mol. The number of nitrogens with one attached hydrogen (secondary N) is 2. The number of urea groups is 1. The molecule has 0 radical (unpaired) electrons. The van der Waals surface area contributed by atoms with Gasteiger partial charge in [0.25, 0.3) is 0 Å². The number of primary amides is 1. The van der Waals surface area contributed by atoms with Crippen LogP contribution in [0.25, 0.3) is 0 Å². The molecule has 4 N–H and O–H groups in total. The van der Waals surface area contributed by atoms with E-state index in [1.54, 1.807) is 18.2 Å². The molecule has 0 saturated carbocycles. The van der Waals surface area contributed by atoms with Crippen LogP contribution in [0.5, 0.6) is 0 Å². The van der Waals surface area contributed by atoms with E-state index in [0.29, 0.717) is 17.8 Å². The summed E-state index contributed by atoms with van der Waals surface area (Å²) in [4.78, 5) is 26.2. The number of amides is 3. The average molecular weight is 366 g/mol. The quantitative estimate of drug-likeness (QED) is 0.734. The maximum atomic E-state index is 12.4. The van der Waals surface area contributed by atoms with E-state index >= 15 is 0 Å². The number of nitrogens with zero attached hydrogens (tertiary/aromatic N) is 1. The van der Waals surface area contributed by atoms with Gasteiger partial charge in [-0.2, -0.15) is 0 Å². The lowest BCUT2D eigenvalue weighted by Gasteiger charge is -2.28. The molecule has 1 atom stereocenters. The summed E-state index contributed by atoms with van der Waals surface area (Å²) in [5, 5.41) is 5.80. The number of aryl methyl sites for hydroxylation is 1. The highest BCUT2D eigenvalue weighted by Crippen LogP contribution is 2.24. The highest BCUT2D eigenvalue weighted by Gasteiger charge is 2.23. The van der Waals surface area contributed by atoms with E-state index < -0.39 is 5.91 Å². The summed E-state index contributed by atoms with van der Waals surface area (Å²) >= 11 is 0. The number of anilines is 1. The van der Waals surface area contributed by atoms with Gasteiger partial charge in [-0.3, -0.25) is 9.69 Å². The zero-order valence-corrected chi connectivity index (χ0v) is 15.6. The molecule has 0 aromatic heterocycles. The van der Waals surface area contributed by atoms with Gasteiger partial charge >= 0.3 is 6.03 Å². The predicted molar refractivity (Wildman–Crippen MR) is 107 cm³/mol. The second-order valence-corrected chi connectivity index (χ2v) is 6.90. The fourth-order valence-corrected chi connectivity index (χ4v) is 3.45. The van der Waals surface area contributed by atoms with Crippen LogP contribution >= 0.6 is 0 Å². The van der Waals surface area contributed by atoms with Crippen LogP contribution in [0.4, 0.5) is 10.5 Å². The van der Waals surface area contributed by atoms with Crippen molar-refractivity contribution < 1.29 is 9.59 Å². The van der Waals surface area contributed by atoms with Gasteiger partial charge in [-0.25, -0.2) is 4.79 Å². The van der Waals surface area contributed by atoms with Crippen molar-refractivity contribution in [1.29, 1.82) is 0 Å². The molecule has 6 heteroatoms. The van der Waals surface area contributed by atoms with Gasteiger partial charge < -0.3 is 16.4 Å². The molecule has 3 rings (SSSR count). The molecule has 2 aromatic rings. The molecule has 0 aliphatic carbocycles. The summed E-state index contributed by atoms with van der Waals surface area (Å²) in [5.41, 5.74) is 8.35. The molecule has 1 saturated heterocycles. The number of carbonyl (C=O) groups excluding carboxylic acids is 2. The third-order valence-corrected chi connectivity index (χ3v) is 4.99. The summed E-state index contributed by atoms with van der Waals surface area (Å²) in [6, 6.07) is 15.1. The summed E-state index contributed by atoms with van der Waals surface area (Å²) in [6.45, 7) is 4.48. The summed E-state index contributed by atoms with van der Waals surface area (Å²) < 4.78 is 0. The fourth-order valence-electron chi connectivity index (χ4n) is 3.45. The lowest BCUT2D eigenvalue weighted by Crippen LogP contribution is -2.38. The van der Waals surface area contributed by atoms with E-state index in [0.717, 1.165) is 18.7 Å². The predicted octanol–water partition coefficient (Wildman–Crippen LogP) is 3.05. The number of likely N-dealkylation sites (tertiary alicyclic amines) is 1. The van der Waals surface area contributed by atoms with Gasteiger partial charge in [0.15, 0.2) is 0 Å². The molecule has 2 aromatic carbocycles. The van der Waals surface area contributed by atoms with Crippen LogP contribution in [0.1, 0.15) is 40.4 Å². The number of nitrogens with two attached hydrogens (primary N) is 1. The highest BCUT2D eigenvalue weighted by molar-refractivity contribution is 5.96. The fraction of sp³-hybridized carbons (Fsp3) is 0.333. The van der Waals surface area contributed by atoms with Crippen molar-refractivity contribution in [2.75, 3.05) is 25.0 Å². The van der Waals surface area contributed by atoms with E-state index in [4.69, 9.17) is 5.73 Å². The van der Waals surface area contributed by atoms with Gasteiger partial charge in [0, 0.05) is 17.8 Å². The minimum Gasteiger partial charge on any atom is -0.366 e. The largest absolute Gasteiger partial charge is 0.366 e. The Bertz CT molecular complexity index is 801. The zero-order chi connectivity index (χ0) is 19.2. The topological polar surface area (TPSA) is 87.5 Å². The molecule has 142 valence electrons. The maximum Gasteiger partial charge on any atom is 0.319 e. The van der Waals surface area contributed by atoms with Crippen molar-refractivity contribution in [3.63, 3.8) is 0 Å². The van der Waals surface area contributed by atoms with Crippen molar-refractivity contribution in [2.45, 2.75) is 25.8 Å². The average Bonchev–Trinajstić information content (AvgIpc) is 3.19.